The highest BCUT2D eigenvalue weighted by molar-refractivity contribution is 8.04. The third-order valence-corrected chi connectivity index (χ3v) is 4.59. The zero-order chi connectivity index (χ0) is 14.0. The third kappa shape index (κ3) is 3.44. The highest BCUT2D eigenvalue weighted by Crippen LogP contribution is 2.37. The topological polar surface area (TPSA) is 12.0 Å². The maximum absolute atomic E-state index is 3.88. The average Bonchev–Trinajstić information content (AvgIpc) is 2.35. The maximum Gasteiger partial charge on any atom is 0.0608 e. The van der Waals surface area contributed by atoms with E-state index >= 15 is 0 Å². The van der Waals surface area contributed by atoms with E-state index in [1.54, 1.807) is 0 Å². The molecule has 2 heteroatoms. The molecule has 2 atom stereocenters. The Morgan fingerprint density at radius 3 is 2.63 bits per heavy atom. The minimum Gasteiger partial charge on any atom is -0.376 e. The molecule has 2 aliphatic rings. The normalized spacial score (nSPS) is 26.4. The van der Waals surface area contributed by atoms with E-state index in [2.05, 4.69) is 57.5 Å². The van der Waals surface area contributed by atoms with Crippen molar-refractivity contribution in [2.24, 2.45) is 5.41 Å². The van der Waals surface area contributed by atoms with Crippen molar-refractivity contribution in [2.75, 3.05) is 0 Å². The number of thioether (sulfide) groups is 1. The van der Waals surface area contributed by atoms with Gasteiger partial charge in [0.15, 0.2) is 0 Å². The standard InChI is InChI=1S/C17H23NS/c1-6-13-15(7-2)19-16-9-8-12(10-14(16)18-13)11-17(3,4)5/h6-10,14,16,18H,1-2,11H2,3-5H3. The van der Waals surface area contributed by atoms with Crippen LogP contribution in [-0.4, -0.2) is 11.3 Å². The molecule has 1 heterocycles. The first-order chi connectivity index (χ1) is 8.93. The summed E-state index contributed by atoms with van der Waals surface area (Å²) in [5.41, 5.74) is 2.85. The van der Waals surface area contributed by atoms with Crippen LogP contribution in [0.5, 0.6) is 0 Å². The van der Waals surface area contributed by atoms with Gasteiger partial charge in [-0.1, -0.05) is 58.2 Å². The van der Waals surface area contributed by atoms with E-state index in [0.717, 1.165) is 12.1 Å². The van der Waals surface area contributed by atoms with Crippen LogP contribution in [0.2, 0.25) is 0 Å². The Balaban J connectivity index is 2.19. The zero-order valence-corrected chi connectivity index (χ0v) is 12.9. The number of allylic oxidation sites excluding steroid dienone is 4. The molecule has 102 valence electrons. The zero-order valence-electron chi connectivity index (χ0n) is 12.1. The Morgan fingerprint density at radius 1 is 1.32 bits per heavy atom. The molecular weight excluding hydrogens is 250 g/mol. The molecule has 2 rings (SSSR count). The lowest BCUT2D eigenvalue weighted by atomic mass is 9.85. The van der Waals surface area contributed by atoms with Crippen LogP contribution in [0.15, 0.2) is 59.7 Å². The fourth-order valence-electron chi connectivity index (χ4n) is 2.46. The van der Waals surface area contributed by atoms with E-state index in [9.17, 15) is 0 Å². The van der Waals surface area contributed by atoms with Crippen molar-refractivity contribution in [3.63, 3.8) is 0 Å². The Kier molecular flexibility index (Phi) is 4.10. The molecule has 0 saturated carbocycles. The Morgan fingerprint density at radius 2 is 2.05 bits per heavy atom. The summed E-state index contributed by atoms with van der Waals surface area (Å²) in [7, 11) is 0. The molecule has 2 unspecified atom stereocenters. The molecular formula is C17H23NS. The predicted molar refractivity (Wildman–Crippen MR) is 87.0 cm³/mol. The maximum atomic E-state index is 3.88. The van der Waals surface area contributed by atoms with Gasteiger partial charge in [-0.3, -0.25) is 0 Å². The summed E-state index contributed by atoms with van der Waals surface area (Å²) >= 11 is 1.86. The van der Waals surface area contributed by atoms with Gasteiger partial charge in [0, 0.05) is 10.6 Å². The highest BCUT2D eigenvalue weighted by atomic mass is 32.2. The van der Waals surface area contributed by atoms with Crippen LogP contribution < -0.4 is 5.32 Å². The number of hydrogen-bond acceptors (Lipinski definition) is 2. The molecule has 1 aliphatic heterocycles. The lowest BCUT2D eigenvalue weighted by Crippen LogP contribution is -2.39. The van der Waals surface area contributed by atoms with Gasteiger partial charge < -0.3 is 5.32 Å². The average molecular weight is 273 g/mol. The summed E-state index contributed by atoms with van der Waals surface area (Å²) in [5.74, 6) is 0. The van der Waals surface area contributed by atoms with Crippen LogP contribution in [0.4, 0.5) is 0 Å². The van der Waals surface area contributed by atoms with Crippen molar-refractivity contribution in [3.05, 3.63) is 59.7 Å². The minimum atomic E-state index is 0.328. The minimum absolute atomic E-state index is 0.328. The summed E-state index contributed by atoms with van der Waals surface area (Å²) in [5, 5.41) is 4.02. The highest BCUT2D eigenvalue weighted by Gasteiger charge is 2.28. The summed E-state index contributed by atoms with van der Waals surface area (Å²) < 4.78 is 0. The summed E-state index contributed by atoms with van der Waals surface area (Å²) in [6.45, 7) is 14.6. The Hall–Kier alpha value is -1.15. The second-order valence-electron chi connectivity index (χ2n) is 6.28. The molecule has 0 aromatic heterocycles. The third-order valence-electron chi connectivity index (χ3n) is 3.22. The SMILES string of the molecule is C=CC1=C(C=C)SC2C=CC(CC(C)(C)C)=CC2N1. The quantitative estimate of drug-likeness (QED) is 0.808. The van der Waals surface area contributed by atoms with Crippen LogP contribution in [0.3, 0.4) is 0 Å². The summed E-state index contributed by atoms with van der Waals surface area (Å²) in [6.07, 6.45) is 11.9. The van der Waals surface area contributed by atoms with Crippen molar-refractivity contribution in [3.8, 4) is 0 Å². The fourth-order valence-corrected chi connectivity index (χ4v) is 3.57. The van der Waals surface area contributed by atoms with Gasteiger partial charge >= 0.3 is 0 Å². The molecule has 1 N–H and O–H groups in total. The molecule has 19 heavy (non-hydrogen) atoms. The predicted octanol–water partition coefficient (Wildman–Crippen LogP) is 4.58. The Bertz CT molecular complexity index is 474. The molecule has 0 bridgehead atoms. The van der Waals surface area contributed by atoms with Crippen LogP contribution in [0.25, 0.3) is 0 Å². The number of fused-ring (bicyclic) bond motifs is 1. The van der Waals surface area contributed by atoms with Crippen molar-refractivity contribution in [1.82, 2.24) is 5.32 Å². The monoisotopic (exact) mass is 273 g/mol. The van der Waals surface area contributed by atoms with Crippen molar-refractivity contribution in [2.45, 2.75) is 38.5 Å². The smallest absolute Gasteiger partial charge is 0.0608 e. The van der Waals surface area contributed by atoms with Crippen molar-refractivity contribution in [1.29, 1.82) is 0 Å². The molecule has 1 nitrogen and oxygen atoms in total. The number of nitrogens with one attached hydrogen (secondary N) is 1. The van der Waals surface area contributed by atoms with Gasteiger partial charge in [0.25, 0.3) is 0 Å². The molecule has 0 aromatic rings. The van der Waals surface area contributed by atoms with Crippen LogP contribution in [-0.2, 0) is 0 Å². The van der Waals surface area contributed by atoms with E-state index < -0.39 is 0 Å². The lowest BCUT2D eigenvalue weighted by Gasteiger charge is -2.34. The van der Waals surface area contributed by atoms with Gasteiger partial charge in [-0.25, -0.2) is 0 Å². The molecule has 0 aromatic carbocycles. The molecule has 1 aliphatic carbocycles. The fraction of sp³-hybridized carbons (Fsp3) is 0.412. The van der Waals surface area contributed by atoms with Crippen molar-refractivity contribution >= 4 is 11.8 Å². The van der Waals surface area contributed by atoms with Gasteiger partial charge in [0.2, 0.25) is 0 Å². The summed E-state index contributed by atoms with van der Waals surface area (Å²) in [6, 6.07) is 0.365. The van der Waals surface area contributed by atoms with Gasteiger partial charge in [-0.05, 0) is 23.5 Å². The van der Waals surface area contributed by atoms with Gasteiger partial charge in [0.1, 0.15) is 0 Å². The van der Waals surface area contributed by atoms with Crippen LogP contribution in [0.1, 0.15) is 27.2 Å². The van der Waals surface area contributed by atoms with Gasteiger partial charge in [-0.15, -0.1) is 11.8 Å². The second kappa shape index (κ2) is 5.46. The van der Waals surface area contributed by atoms with E-state index in [4.69, 9.17) is 0 Å². The van der Waals surface area contributed by atoms with Crippen LogP contribution in [0, 0.1) is 5.41 Å². The molecule has 0 radical (unpaired) electrons. The number of hydrogen-bond donors (Lipinski definition) is 1. The lowest BCUT2D eigenvalue weighted by molar-refractivity contribution is 0.411. The molecule has 0 spiro atoms. The van der Waals surface area contributed by atoms with Crippen LogP contribution >= 0.6 is 11.8 Å². The first-order valence-electron chi connectivity index (χ1n) is 6.74. The molecule has 0 fully saturated rings. The summed E-state index contributed by atoms with van der Waals surface area (Å²) in [4.78, 5) is 1.19. The molecule has 0 saturated heterocycles. The van der Waals surface area contributed by atoms with E-state index in [1.165, 1.54) is 10.5 Å². The van der Waals surface area contributed by atoms with E-state index in [-0.39, 0.29) is 0 Å². The first kappa shape index (κ1) is 14.3. The van der Waals surface area contributed by atoms with E-state index in [1.807, 2.05) is 23.9 Å². The number of rotatable bonds is 3. The second-order valence-corrected chi connectivity index (χ2v) is 7.50. The first-order valence-corrected chi connectivity index (χ1v) is 7.62. The molecule has 0 amide bonds. The van der Waals surface area contributed by atoms with E-state index in [0.29, 0.717) is 16.7 Å². The van der Waals surface area contributed by atoms with Crippen molar-refractivity contribution < 1.29 is 0 Å². The van der Waals surface area contributed by atoms with Gasteiger partial charge in [-0.2, -0.15) is 0 Å². The largest absolute Gasteiger partial charge is 0.376 e. The van der Waals surface area contributed by atoms with Gasteiger partial charge in [0.05, 0.1) is 11.3 Å². The Labute approximate surface area is 121 Å².